The minimum atomic E-state index is 0.410. The molecule has 0 saturated carbocycles. The largest absolute Gasteiger partial charge is 0.310 e. The number of aryl methyl sites for hydroxylation is 2. The van der Waals surface area contributed by atoms with Crippen LogP contribution in [0.3, 0.4) is 0 Å². The van der Waals surface area contributed by atoms with Gasteiger partial charge in [-0.1, -0.05) is 13.0 Å². The SMILES string of the molecule is CCCNC1CCCc2nc(-c3cccc(C)n3)ncc21. The molecule has 1 aliphatic rings. The molecule has 1 aliphatic carbocycles. The Morgan fingerprint density at radius 2 is 2.19 bits per heavy atom. The van der Waals surface area contributed by atoms with Crippen LogP contribution in [-0.2, 0) is 6.42 Å². The van der Waals surface area contributed by atoms with Gasteiger partial charge in [-0.2, -0.15) is 0 Å². The monoisotopic (exact) mass is 282 g/mol. The molecular formula is C17H22N4. The summed E-state index contributed by atoms with van der Waals surface area (Å²) in [5, 5.41) is 3.60. The van der Waals surface area contributed by atoms with Crippen molar-refractivity contribution in [2.45, 2.75) is 45.6 Å². The Morgan fingerprint density at radius 3 is 3.00 bits per heavy atom. The molecule has 1 N–H and O–H groups in total. The van der Waals surface area contributed by atoms with Crippen molar-refractivity contribution in [2.75, 3.05) is 6.54 Å². The highest BCUT2D eigenvalue weighted by Gasteiger charge is 2.22. The van der Waals surface area contributed by atoms with Crippen LogP contribution in [0.2, 0.25) is 0 Å². The predicted molar refractivity (Wildman–Crippen MR) is 84.0 cm³/mol. The van der Waals surface area contributed by atoms with Crippen LogP contribution in [0, 0.1) is 6.92 Å². The van der Waals surface area contributed by atoms with Crippen molar-refractivity contribution in [3.05, 3.63) is 41.3 Å². The smallest absolute Gasteiger partial charge is 0.178 e. The maximum absolute atomic E-state index is 4.77. The van der Waals surface area contributed by atoms with Crippen LogP contribution in [0.5, 0.6) is 0 Å². The number of hydrogen-bond donors (Lipinski definition) is 1. The van der Waals surface area contributed by atoms with Gasteiger partial charge in [-0.25, -0.2) is 15.0 Å². The maximum atomic E-state index is 4.77. The Hall–Kier alpha value is -1.81. The van der Waals surface area contributed by atoms with Crippen LogP contribution in [-0.4, -0.2) is 21.5 Å². The molecule has 2 aromatic heterocycles. The molecule has 21 heavy (non-hydrogen) atoms. The molecule has 0 fully saturated rings. The minimum Gasteiger partial charge on any atom is -0.310 e. The number of nitrogens with zero attached hydrogens (tertiary/aromatic N) is 3. The summed E-state index contributed by atoms with van der Waals surface area (Å²) < 4.78 is 0. The molecule has 3 rings (SSSR count). The zero-order chi connectivity index (χ0) is 14.7. The van der Waals surface area contributed by atoms with Crippen LogP contribution in [0.4, 0.5) is 0 Å². The summed E-state index contributed by atoms with van der Waals surface area (Å²) in [6.07, 6.45) is 6.55. The highest BCUT2D eigenvalue weighted by Crippen LogP contribution is 2.29. The average molecular weight is 282 g/mol. The first-order chi connectivity index (χ1) is 10.3. The van der Waals surface area contributed by atoms with Crippen molar-refractivity contribution in [3.8, 4) is 11.5 Å². The minimum absolute atomic E-state index is 0.410. The molecule has 4 heteroatoms. The maximum Gasteiger partial charge on any atom is 0.178 e. The van der Waals surface area contributed by atoms with Gasteiger partial charge in [0, 0.05) is 29.2 Å². The summed E-state index contributed by atoms with van der Waals surface area (Å²) in [7, 11) is 0. The molecule has 0 amide bonds. The second-order valence-corrected chi connectivity index (χ2v) is 5.66. The highest BCUT2D eigenvalue weighted by molar-refractivity contribution is 5.50. The van der Waals surface area contributed by atoms with Crippen molar-refractivity contribution in [2.24, 2.45) is 0 Å². The van der Waals surface area contributed by atoms with E-state index < -0.39 is 0 Å². The van der Waals surface area contributed by atoms with Gasteiger partial charge < -0.3 is 5.32 Å². The number of fused-ring (bicyclic) bond motifs is 1. The van der Waals surface area contributed by atoms with Crippen LogP contribution < -0.4 is 5.32 Å². The van der Waals surface area contributed by atoms with E-state index in [1.165, 1.54) is 24.1 Å². The molecule has 2 heterocycles. The Labute approximate surface area is 126 Å². The lowest BCUT2D eigenvalue weighted by molar-refractivity contribution is 0.453. The van der Waals surface area contributed by atoms with E-state index in [9.17, 15) is 0 Å². The van der Waals surface area contributed by atoms with Gasteiger partial charge in [0.1, 0.15) is 5.69 Å². The normalized spacial score (nSPS) is 17.5. The number of rotatable bonds is 4. The van der Waals surface area contributed by atoms with Crippen molar-refractivity contribution in [3.63, 3.8) is 0 Å². The first kappa shape index (κ1) is 14.1. The zero-order valence-corrected chi connectivity index (χ0v) is 12.8. The summed E-state index contributed by atoms with van der Waals surface area (Å²) in [6.45, 7) is 5.23. The average Bonchev–Trinajstić information content (AvgIpc) is 2.52. The van der Waals surface area contributed by atoms with Crippen LogP contribution in [0.15, 0.2) is 24.4 Å². The lowest BCUT2D eigenvalue weighted by Crippen LogP contribution is -2.26. The van der Waals surface area contributed by atoms with Gasteiger partial charge in [-0.3, -0.25) is 0 Å². The van der Waals surface area contributed by atoms with Crippen LogP contribution in [0.25, 0.3) is 11.5 Å². The van der Waals surface area contributed by atoms with E-state index in [0.29, 0.717) is 6.04 Å². The molecule has 0 aliphatic heterocycles. The Balaban J connectivity index is 1.90. The first-order valence-corrected chi connectivity index (χ1v) is 7.81. The van der Waals surface area contributed by atoms with Gasteiger partial charge >= 0.3 is 0 Å². The lowest BCUT2D eigenvalue weighted by Gasteiger charge is -2.25. The summed E-state index contributed by atoms with van der Waals surface area (Å²) >= 11 is 0. The molecule has 2 aromatic rings. The highest BCUT2D eigenvalue weighted by atomic mass is 15.0. The van der Waals surface area contributed by atoms with E-state index in [1.807, 2.05) is 31.3 Å². The van der Waals surface area contributed by atoms with Gasteiger partial charge in [-0.05, 0) is 51.3 Å². The Morgan fingerprint density at radius 1 is 1.29 bits per heavy atom. The van der Waals surface area contributed by atoms with Crippen molar-refractivity contribution >= 4 is 0 Å². The van der Waals surface area contributed by atoms with E-state index in [4.69, 9.17) is 4.98 Å². The lowest BCUT2D eigenvalue weighted by atomic mass is 9.92. The van der Waals surface area contributed by atoms with E-state index in [2.05, 4.69) is 22.2 Å². The van der Waals surface area contributed by atoms with E-state index in [1.54, 1.807) is 0 Å². The molecule has 4 nitrogen and oxygen atoms in total. The van der Waals surface area contributed by atoms with Crippen LogP contribution >= 0.6 is 0 Å². The van der Waals surface area contributed by atoms with Gasteiger partial charge in [-0.15, -0.1) is 0 Å². The molecule has 1 unspecified atom stereocenters. The third-order valence-corrected chi connectivity index (χ3v) is 3.94. The fourth-order valence-electron chi connectivity index (χ4n) is 2.87. The van der Waals surface area contributed by atoms with E-state index >= 15 is 0 Å². The number of aromatic nitrogens is 3. The predicted octanol–water partition coefficient (Wildman–Crippen LogP) is 3.22. The second kappa shape index (κ2) is 6.31. The first-order valence-electron chi connectivity index (χ1n) is 7.81. The number of hydrogen-bond acceptors (Lipinski definition) is 4. The topological polar surface area (TPSA) is 50.7 Å². The molecule has 0 radical (unpaired) electrons. The van der Waals surface area contributed by atoms with Gasteiger partial charge in [0.25, 0.3) is 0 Å². The van der Waals surface area contributed by atoms with E-state index in [0.717, 1.165) is 36.6 Å². The summed E-state index contributed by atoms with van der Waals surface area (Å²) in [6, 6.07) is 6.39. The van der Waals surface area contributed by atoms with Gasteiger partial charge in [0.15, 0.2) is 5.82 Å². The fraction of sp³-hybridized carbons (Fsp3) is 0.471. The standard InChI is InChI=1S/C17H22N4/c1-3-10-18-14-7-5-8-15-13(14)11-19-17(21-15)16-9-4-6-12(2)20-16/h4,6,9,11,14,18H,3,5,7-8,10H2,1-2H3. The second-order valence-electron chi connectivity index (χ2n) is 5.66. The zero-order valence-electron chi connectivity index (χ0n) is 12.8. The molecule has 110 valence electrons. The summed E-state index contributed by atoms with van der Waals surface area (Å²) in [5.74, 6) is 0.744. The Kier molecular flexibility index (Phi) is 4.25. The van der Waals surface area contributed by atoms with Crippen molar-refractivity contribution in [1.29, 1.82) is 0 Å². The third kappa shape index (κ3) is 3.10. The molecule has 0 spiro atoms. The van der Waals surface area contributed by atoms with Crippen LogP contribution in [0.1, 0.15) is 49.2 Å². The fourth-order valence-corrected chi connectivity index (χ4v) is 2.87. The van der Waals surface area contributed by atoms with Crippen molar-refractivity contribution < 1.29 is 0 Å². The number of nitrogens with one attached hydrogen (secondary N) is 1. The molecule has 0 bridgehead atoms. The summed E-state index contributed by atoms with van der Waals surface area (Å²) in [4.78, 5) is 13.8. The number of pyridine rings is 1. The molecular weight excluding hydrogens is 260 g/mol. The quantitative estimate of drug-likeness (QED) is 0.935. The third-order valence-electron chi connectivity index (χ3n) is 3.94. The molecule has 0 saturated heterocycles. The molecule has 0 aromatic carbocycles. The molecule has 1 atom stereocenters. The summed E-state index contributed by atoms with van der Waals surface area (Å²) in [5.41, 5.74) is 4.31. The van der Waals surface area contributed by atoms with Gasteiger partial charge in [0.05, 0.1) is 0 Å². The van der Waals surface area contributed by atoms with E-state index in [-0.39, 0.29) is 0 Å². The Bertz CT molecular complexity index is 624. The van der Waals surface area contributed by atoms with Gasteiger partial charge in [0.2, 0.25) is 0 Å². The van der Waals surface area contributed by atoms with Crippen molar-refractivity contribution in [1.82, 2.24) is 20.3 Å².